The summed E-state index contributed by atoms with van der Waals surface area (Å²) in [7, 11) is 0. The zero-order chi connectivity index (χ0) is 6.57. The third kappa shape index (κ3) is 3.05. The van der Waals surface area contributed by atoms with Crippen LogP contribution in [-0.2, 0) is 0 Å². The SMILES string of the molecule is CC/C=C(/Cl)C(C)N. The second-order valence-corrected chi connectivity index (χ2v) is 2.22. The van der Waals surface area contributed by atoms with E-state index in [-0.39, 0.29) is 6.04 Å². The van der Waals surface area contributed by atoms with E-state index in [1.54, 1.807) is 0 Å². The van der Waals surface area contributed by atoms with Crippen LogP contribution in [0.3, 0.4) is 0 Å². The molecule has 0 aliphatic rings. The Labute approximate surface area is 55.5 Å². The van der Waals surface area contributed by atoms with E-state index in [1.807, 2.05) is 19.9 Å². The van der Waals surface area contributed by atoms with Gasteiger partial charge in [0.1, 0.15) is 0 Å². The summed E-state index contributed by atoms with van der Waals surface area (Å²) in [6.45, 7) is 3.90. The number of nitrogens with two attached hydrogens (primary N) is 1. The molecule has 0 aliphatic carbocycles. The van der Waals surface area contributed by atoms with Gasteiger partial charge in [0, 0.05) is 11.1 Å². The van der Waals surface area contributed by atoms with Crippen molar-refractivity contribution >= 4 is 11.6 Å². The summed E-state index contributed by atoms with van der Waals surface area (Å²) in [6.07, 6.45) is 2.88. The van der Waals surface area contributed by atoms with Gasteiger partial charge in [-0.15, -0.1) is 0 Å². The summed E-state index contributed by atoms with van der Waals surface area (Å²) >= 11 is 5.65. The largest absolute Gasteiger partial charge is 0.323 e. The van der Waals surface area contributed by atoms with Crippen LogP contribution in [0.5, 0.6) is 0 Å². The van der Waals surface area contributed by atoms with E-state index in [0.29, 0.717) is 0 Å². The molecule has 0 saturated carbocycles. The first-order valence-corrected chi connectivity index (χ1v) is 3.17. The molecule has 1 unspecified atom stereocenters. The van der Waals surface area contributed by atoms with Gasteiger partial charge >= 0.3 is 0 Å². The van der Waals surface area contributed by atoms with Crippen molar-refractivity contribution < 1.29 is 0 Å². The lowest BCUT2D eigenvalue weighted by atomic mass is 10.3. The monoisotopic (exact) mass is 133 g/mol. The maximum Gasteiger partial charge on any atom is 0.0371 e. The maximum absolute atomic E-state index is 5.65. The second-order valence-electron chi connectivity index (χ2n) is 1.79. The van der Waals surface area contributed by atoms with Gasteiger partial charge in [0.2, 0.25) is 0 Å². The van der Waals surface area contributed by atoms with Crippen molar-refractivity contribution in [2.75, 3.05) is 0 Å². The lowest BCUT2D eigenvalue weighted by Gasteiger charge is -1.99. The van der Waals surface area contributed by atoms with Crippen LogP contribution in [-0.4, -0.2) is 6.04 Å². The summed E-state index contributed by atoms with van der Waals surface area (Å²) in [5.41, 5.74) is 5.42. The Morgan fingerprint density at radius 1 is 1.88 bits per heavy atom. The fourth-order valence-electron chi connectivity index (χ4n) is 0.381. The van der Waals surface area contributed by atoms with E-state index < -0.39 is 0 Å². The van der Waals surface area contributed by atoms with E-state index in [1.165, 1.54) is 0 Å². The molecule has 2 N–H and O–H groups in total. The number of hydrogen-bond donors (Lipinski definition) is 1. The maximum atomic E-state index is 5.65. The van der Waals surface area contributed by atoms with Gasteiger partial charge in [-0.1, -0.05) is 24.6 Å². The highest BCUT2D eigenvalue weighted by Gasteiger charge is 1.94. The summed E-state index contributed by atoms with van der Waals surface area (Å²) in [6, 6.07) is -0.00313. The van der Waals surface area contributed by atoms with Crippen LogP contribution in [0.1, 0.15) is 20.3 Å². The van der Waals surface area contributed by atoms with E-state index >= 15 is 0 Å². The molecule has 0 fully saturated rings. The Balaban J connectivity index is 3.61. The standard InChI is InChI=1S/C6H12ClN/c1-3-4-6(7)5(2)8/h4-5H,3,8H2,1-2H3/b6-4+. The Kier molecular flexibility index (Phi) is 3.92. The van der Waals surface area contributed by atoms with Crippen molar-refractivity contribution in [1.82, 2.24) is 0 Å². The van der Waals surface area contributed by atoms with Crippen LogP contribution >= 0.6 is 11.6 Å². The van der Waals surface area contributed by atoms with Crippen molar-refractivity contribution in [3.8, 4) is 0 Å². The third-order valence-corrected chi connectivity index (χ3v) is 1.33. The number of hydrogen-bond acceptors (Lipinski definition) is 1. The highest BCUT2D eigenvalue weighted by molar-refractivity contribution is 6.30. The molecule has 0 bridgehead atoms. The lowest BCUT2D eigenvalue weighted by molar-refractivity contribution is 0.899. The van der Waals surface area contributed by atoms with Crippen molar-refractivity contribution in [1.29, 1.82) is 0 Å². The summed E-state index contributed by atoms with van der Waals surface area (Å²) in [5.74, 6) is 0. The minimum Gasteiger partial charge on any atom is -0.323 e. The van der Waals surface area contributed by atoms with E-state index in [0.717, 1.165) is 11.5 Å². The zero-order valence-corrected chi connectivity index (χ0v) is 6.07. The van der Waals surface area contributed by atoms with Crippen LogP contribution in [0.4, 0.5) is 0 Å². The Bertz CT molecular complexity index is 86.5. The van der Waals surface area contributed by atoms with Crippen molar-refractivity contribution in [2.24, 2.45) is 5.73 Å². The fourth-order valence-corrected chi connectivity index (χ4v) is 0.535. The van der Waals surface area contributed by atoms with E-state index in [9.17, 15) is 0 Å². The second kappa shape index (κ2) is 3.93. The van der Waals surface area contributed by atoms with Crippen molar-refractivity contribution in [3.05, 3.63) is 11.1 Å². The summed E-state index contributed by atoms with van der Waals surface area (Å²) in [4.78, 5) is 0. The topological polar surface area (TPSA) is 26.0 Å². The highest BCUT2D eigenvalue weighted by atomic mass is 35.5. The average molecular weight is 134 g/mol. The normalized spacial score (nSPS) is 16.2. The first-order valence-electron chi connectivity index (χ1n) is 2.79. The predicted octanol–water partition coefficient (Wildman–Crippen LogP) is 1.87. The van der Waals surface area contributed by atoms with Crippen molar-refractivity contribution in [2.45, 2.75) is 26.3 Å². The molecule has 0 spiro atoms. The quantitative estimate of drug-likeness (QED) is 0.612. The molecule has 1 atom stereocenters. The molecule has 0 saturated heterocycles. The number of allylic oxidation sites excluding steroid dienone is 1. The Hall–Kier alpha value is -0.0100. The molecule has 1 nitrogen and oxygen atoms in total. The molecule has 0 heterocycles. The van der Waals surface area contributed by atoms with Crippen LogP contribution in [0.15, 0.2) is 11.1 Å². The first-order chi connectivity index (χ1) is 3.68. The van der Waals surface area contributed by atoms with Gasteiger partial charge in [0.05, 0.1) is 0 Å². The van der Waals surface area contributed by atoms with Gasteiger partial charge in [-0.05, 0) is 13.3 Å². The van der Waals surface area contributed by atoms with Gasteiger partial charge < -0.3 is 5.73 Å². The third-order valence-electron chi connectivity index (χ3n) is 0.834. The molecular formula is C6H12ClN. The number of halogens is 1. The molecule has 0 rings (SSSR count). The molecule has 2 heteroatoms. The summed E-state index contributed by atoms with van der Waals surface area (Å²) in [5, 5.41) is 0.757. The van der Waals surface area contributed by atoms with Crippen LogP contribution in [0.25, 0.3) is 0 Å². The minimum atomic E-state index is -0.00313. The van der Waals surface area contributed by atoms with Crippen LogP contribution < -0.4 is 5.73 Å². The van der Waals surface area contributed by atoms with E-state index in [2.05, 4.69) is 0 Å². The lowest BCUT2D eigenvalue weighted by Crippen LogP contribution is -2.14. The fraction of sp³-hybridized carbons (Fsp3) is 0.667. The first kappa shape index (κ1) is 7.99. The molecule has 0 aromatic heterocycles. The Morgan fingerprint density at radius 3 is 2.50 bits per heavy atom. The minimum absolute atomic E-state index is 0.00313. The molecular weight excluding hydrogens is 122 g/mol. The molecule has 0 radical (unpaired) electrons. The summed E-state index contributed by atoms with van der Waals surface area (Å²) < 4.78 is 0. The van der Waals surface area contributed by atoms with E-state index in [4.69, 9.17) is 17.3 Å². The molecule has 0 aliphatic heterocycles. The smallest absolute Gasteiger partial charge is 0.0371 e. The van der Waals surface area contributed by atoms with Crippen LogP contribution in [0.2, 0.25) is 0 Å². The molecule has 0 aromatic rings. The average Bonchev–Trinajstić information content (AvgIpc) is 1.67. The Morgan fingerprint density at radius 2 is 2.38 bits per heavy atom. The zero-order valence-electron chi connectivity index (χ0n) is 5.32. The van der Waals surface area contributed by atoms with Gasteiger partial charge in [0.15, 0.2) is 0 Å². The van der Waals surface area contributed by atoms with Gasteiger partial charge in [-0.25, -0.2) is 0 Å². The molecule has 8 heavy (non-hydrogen) atoms. The highest BCUT2D eigenvalue weighted by Crippen LogP contribution is 2.05. The molecule has 0 amide bonds. The van der Waals surface area contributed by atoms with Gasteiger partial charge in [-0.2, -0.15) is 0 Å². The van der Waals surface area contributed by atoms with Crippen LogP contribution in [0, 0.1) is 0 Å². The number of rotatable bonds is 2. The molecule has 0 aromatic carbocycles. The molecule has 48 valence electrons. The van der Waals surface area contributed by atoms with Crippen molar-refractivity contribution in [3.63, 3.8) is 0 Å². The van der Waals surface area contributed by atoms with Gasteiger partial charge in [0.25, 0.3) is 0 Å². The predicted molar refractivity (Wildman–Crippen MR) is 37.9 cm³/mol. The van der Waals surface area contributed by atoms with Gasteiger partial charge in [-0.3, -0.25) is 0 Å².